The van der Waals surface area contributed by atoms with Crippen molar-refractivity contribution in [2.45, 2.75) is 18.9 Å². The number of halogens is 1. The highest BCUT2D eigenvalue weighted by Gasteiger charge is 2.33. The maximum Gasteiger partial charge on any atom is 0.264 e. The molecule has 0 bridgehead atoms. The molecule has 6 heteroatoms. The minimum Gasteiger partial charge on any atom is -0.328 e. The summed E-state index contributed by atoms with van der Waals surface area (Å²) in [5.74, 6) is -0.254. The third kappa shape index (κ3) is 2.61. The van der Waals surface area contributed by atoms with E-state index in [1.54, 1.807) is 23.5 Å². The maximum absolute atomic E-state index is 13.4. The van der Waals surface area contributed by atoms with Crippen molar-refractivity contribution < 1.29 is 9.18 Å². The average molecular weight is 382 g/mol. The molecule has 1 aliphatic rings. The van der Waals surface area contributed by atoms with Gasteiger partial charge in [0.05, 0.1) is 21.1 Å². The highest BCUT2D eigenvalue weighted by Crippen LogP contribution is 2.38. The molecule has 0 unspecified atom stereocenters. The fourth-order valence-electron chi connectivity index (χ4n) is 3.56. The van der Waals surface area contributed by atoms with Gasteiger partial charge >= 0.3 is 0 Å². The minimum absolute atomic E-state index is 0.0216. The molecule has 0 spiro atoms. The summed E-state index contributed by atoms with van der Waals surface area (Å²) in [7, 11) is 0. The SMILES string of the molecule is O=C(c1cc2cc(F)ccc2s1)N1CCC[C@H]1c1nc2ccccc2s1. The number of fused-ring (bicyclic) bond motifs is 2. The van der Waals surface area contributed by atoms with Gasteiger partial charge in [0.1, 0.15) is 10.8 Å². The van der Waals surface area contributed by atoms with Gasteiger partial charge in [-0.2, -0.15) is 0 Å². The Kier molecular flexibility index (Phi) is 3.76. The van der Waals surface area contributed by atoms with E-state index >= 15 is 0 Å². The molecule has 1 atom stereocenters. The molecule has 1 amide bonds. The molecule has 5 rings (SSSR count). The van der Waals surface area contributed by atoms with Crippen LogP contribution in [0.3, 0.4) is 0 Å². The number of rotatable bonds is 2. The fraction of sp³-hybridized carbons (Fsp3) is 0.200. The van der Waals surface area contributed by atoms with Gasteiger partial charge in [-0.3, -0.25) is 4.79 Å². The van der Waals surface area contributed by atoms with Crippen molar-refractivity contribution in [3.05, 3.63) is 64.2 Å². The van der Waals surface area contributed by atoms with E-state index in [0.717, 1.165) is 44.7 Å². The zero-order chi connectivity index (χ0) is 17.7. The molecule has 3 heterocycles. The number of hydrogen-bond donors (Lipinski definition) is 0. The molecule has 3 nitrogen and oxygen atoms in total. The molecule has 0 saturated carbocycles. The van der Waals surface area contributed by atoms with Crippen LogP contribution in [0.2, 0.25) is 0 Å². The fourth-order valence-corrected chi connectivity index (χ4v) is 5.67. The van der Waals surface area contributed by atoms with Crippen molar-refractivity contribution in [3.63, 3.8) is 0 Å². The quantitative estimate of drug-likeness (QED) is 0.450. The Hall–Kier alpha value is -2.31. The van der Waals surface area contributed by atoms with E-state index in [1.165, 1.54) is 23.5 Å². The van der Waals surface area contributed by atoms with E-state index < -0.39 is 0 Å². The lowest BCUT2D eigenvalue weighted by molar-refractivity contribution is 0.0740. The van der Waals surface area contributed by atoms with Gasteiger partial charge in [0, 0.05) is 11.2 Å². The Balaban J connectivity index is 1.49. The first-order chi connectivity index (χ1) is 12.7. The second-order valence-electron chi connectivity index (χ2n) is 6.47. The van der Waals surface area contributed by atoms with Crippen molar-refractivity contribution in [3.8, 4) is 0 Å². The zero-order valence-electron chi connectivity index (χ0n) is 13.8. The average Bonchev–Trinajstić information content (AvgIpc) is 3.36. The maximum atomic E-state index is 13.4. The van der Waals surface area contributed by atoms with Gasteiger partial charge < -0.3 is 4.90 Å². The van der Waals surface area contributed by atoms with Crippen LogP contribution < -0.4 is 0 Å². The normalized spacial score (nSPS) is 17.4. The number of thiazole rings is 1. The third-order valence-corrected chi connectivity index (χ3v) is 7.04. The third-order valence-electron chi connectivity index (χ3n) is 4.80. The van der Waals surface area contributed by atoms with E-state index in [4.69, 9.17) is 4.98 Å². The molecule has 1 aliphatic heterocycles. The molecule has 0 N–H and O–H groups in total. The summed E-state index contributed by atoms with van der Waals surface area (Å²) in [6.45, 7) is 0.738. The number of nitrogens with zero attached hydrogens (tertiary/aromatic N) is 2. The molecular formula is C20H15FN2OS2. The van der Waals surface area contributed by atoms with Gasteiger partial charge in [0.15, 0.2) is 0 Å². The summed E-state index contributed by atoms with van der Waals surface area (Å²) in [6.07, 6.45) is 1.91. The highest BCUT2D eigenvalue weighted by atomic mass is 32.1. The number of amides is 1. The van der Waals surface area contributed by atoms with Crippen LogP contribution in [0, 0.1) is 5.82 Å². The first-order valence-corrected chi connectivity index (χ1v) is 10.2. The second-order valence-corrected chi connectivity index (χ2v) is 8.62. The summed E-state index contributed by atoms with van der Waals surface area (Å²) >= 11 is 3.09. The molecule has 1 saturated heterocycles. The lowest BCUT2D eigenvalue weighted by Crippen LogP contribution is -2.29. The van der Waals surface area contributed by atoms with Crippen LogP contribution >= 0.6 is 22.7 Å². The molecule has 2 aromatic heterocycles. The van der Waals surface area contributed by atoms with Crippen molar-refractivity contribution in [2.75, 3.05) is 6.54 Å². The summed E-state index contributed by atoms with van der Waals surface area (Å²) in [5, 5.41) is 1.79. The van der Waals surface area contributed by atoms with Crippen LogP contribution in [0.15, 0.2) is 48.5 Å². The topological polar surface area (TPSA) is 33.2 Å². The molecule has 130 valence electrons. The van der Waals surface area contributed by atoms with E-state index in [1.807, 2.05) is 23.1 Å². The Morgan fingerprint density at radius 2 is 2.00 bits per heavy atom. The Bertz CT molecular complexity index is 1100. The lowest BCUT2D eigenvalue weighted by Gasteiger charge is -2.22. The molecule has 1 fully saturated rings. The van der Waals surface area contributed by atoms with Gasteiger partial charge in [-0.25, -0.2) is 9.37 Å². The first kappa shape index (κ1) is 15.9. The lowest BCUT2D eigenvalue weighted by atomic mass is 10.2. The van der Waals surface area contributed by atoms with Gasteiger partial charge in [-0.05, 0) is 54.6 Å². The molecule has 0 radical (unpaired) electrons. The van der Waals surface area contributed by atoms with Crippen molar-refractivity contribution in [1.29, 1.82) is 0 Å². The van der Waals surface area contributed by atoms with E-state index in [0.29, 0.717) is 4.88 Å². The van der Waals surface area contributed by atoms with Crippen molar-refractivity contribution in [2.24, 2.45) is 0 Å². The number of benzene rings is 2. The number of thiophene rings is 1. The summed E-state index contributed by atoms with van der Waals surface area (Å²) in [6, 6.07) is 14.6. The van der Waals surface area contributed by atoms with E-state index in [9.17, 15) is 9.18 Å². The molecule has 4 aromatic rings. The first-order valence-electron chi connectivity index (χ1n) is 8.54. The Morgan fingerprint density at radius 1 is 1.12 bits per heavy atom. The Labute approximate surface area is 157 Å². The van der Waals surface area contributed by atoms with Crippen LogP contribution in [-0.4, -0.2) is 22.3 Å². The monoisotopic (exact) mass is 382 g/mol. The van der Waals surface area contributed by atoms with Gasteiger partial charge in [0.2, 0.25) is 0 Å². The van der Waals surface area contributed by atoms with Crippen LogP contribution in [0.5, 0.6) is 0 Å². The van der Waals surface area contributed by atoms with Gasteiger partial charge in [-0.15, -0.1) is 22.7 Å². The predicted molar refractivity (Wildman–Crippen MR) is 104 cm³/mol. The molecule has 26 heavy (non-hydrogen) atoms. The minimum atomic E-state index is -0.275. The number of para-hydroxylation sites is 1. The molecular weight excluding hydrogens is 367 g/mol. The van der Waals surface area contributed by atoms with Crippen LogP contribution in [0.1, 0.15) is 33.6 Å². The highest BCUT2D eigenvalue weighted by molar-refractivity contribution is 7.20. The number of likely N-dealkylation sites (tertiary alicyclic amines) is 1. The van der Waals surface area contributed by atoms with Crippen LogP contribution in [0.25, 0.3) is 20.3 Å². The van der Waals surface area contributed by atoms with Crippen LogP contribution in [0.4, 0.5) is 4.39 Å². The number of aromatic nitrogens is 1. The van der Waals surface area contributed by atoms with E-state index in [-0.39, 0.29) is 17.8 Å². The largest absolute Gasteiger partial charge is 0.328 e. The summed E-state index contributed by atoms with van der Waals surface area (Å²) < 4.78 is 15.5. The molecule has 0 aliphatic carbocycles. The summed E-state index contributed by atoms with van der Waals surface area (Å²) in [5.41, 5.74) is 0.990. The number of carbonyl (C=O) groups excluding carboxylic acids is 1. The van der Waals surface area contributed by atoms with E-state index in [2.05, 4.69) is 6.07 Å². The van der Waals surface area contributed by atoms with Crippen molar-refractivity contribution >= 4 is 48.9 Å². The summed E-state index contributed by atoms with van der Waals surface area (Å²) in [4.78, 5) is 20.5. The van der Waals surface area contributed by atoms with Crippen molar-refractivity contribution in [1.82, 2.24) is 9.88 Å². The van der Waals surface area contributed by atoms with Crippen LogP contribution in [-0.2, 0) is 0 Å². The standard InChI is InChI=1S/C20H15FN2OS2/c21-13-7-8-16-12(10-13)11-18(25-16)20(24)23-9-3-5-15(23)19-22-14-4-1-2-6-17(14)26-19/h1-2,4,6-8,10-11,15H,3,5,9H2/t15-/m0/s1. The number of hydrogen-bond acceptors (Lipinski definition) is 4. The smallest absolute Gasteiger partial charge is 0.264 e. The van der Waals surface area contributed by atoms with Gasteiger partial charge in [-0.1, -0.05) is 12.1 Å². The molecule has 2 aromatic carbocycles. The second kappa shape index (κ2) is 6.14. The zero-order valence-corrected chi connectivity index (χ0v) is 15.4. The number of carbonyl (C=O) groups is 1. The Morgan fingerprint density at radius 3 is 2.88 bits per heavy atom. The van der Waals surface area contributed by atoms with Gasteiger partial charge in [0.25, 0.3) is 5.91 Å². The predicted octanol–water partition coefficient (Wildman–Crippen LogP) is 5.63.